The summed E-state index contributed by atoms with van der Waals surface area (Å²) in [7, 11) is 2.09. The van der Waals surface area contributed by atoms with Crippen molar-refractivity contribution in [2.24, 2.45) is 0 Å². The molecule has 1 aliphatic rings. The molecule has 3 heterocycles. The Hall–Kier alpha value is -2.22. The van der Waals surface area contributed by atoms with Crippen LogP contribution in [0.25, 0.3) is 5.69 Å². The first kappa shape index (κ1) is 16.3. The second-order valence-electron chi connectivity index (χ2n) is 5.93. The summed E-state index contributed by atoms with van der Waals surface area (Å²) in [5.74, 6) is -0.273. The van der Waals surface area contributed by atoms with Gasteiger partial charge in [-0.2, -0.15) is 5.10 Å². The number of fused-ring (bicyclic) bond motifs is 1. The molecule has 0 aliphatic carbocycles. The van der Waals surface area contributed by atoms with Crippen LogP contribution in [0.2, 0.25) is 5.02 Å². The van der Waals surface area contributed by atoms with Gasteiger partial charge in [-0.15, -0.1) is 11.3 Å². The number of halogens is 1. The lowest BCUT2D eigenvalue weighted by Gasteiger charge is -2.20. The zero-order valence-corrected chi connectivity index (χ0v) is 15.1. The minimum absolute atomic E-state index is 0.273. The van der Waals surface area contributed by atoms with E-state index in [9.17, 15) is 4.79 Å². The molecule has 3 aromatic rings. The molecule has 0 bridgehead atoms. The highest BCUT2D eigenvalue weighted by atomic mass is 35.5. The number of aromatic nitrogens is 3. The molecule has 0 atom stereocenters. The molecule has 1 N–H and O–H groups in total. The molecule has 8 heteroatoms. The summed E-state index contributed by atoms with van der Waals surface area (Å²) in [6.45, 7) is 1.87. The molecule has 0 saturated carbocycles. The minimum atomic E-state index is -0.273. The van der Waals surface area contributed by atoms with Gasteiger partial charge in [-0.05, 0) is 25.2 Å². The quantitative estimate of drug-likeness (QED) is 0.765. The Balaban J connectivity index is 1.52. The van der Waals surface area contributed by atoms with Crippen molar-refractivity contribution in [2.45, 2.75) is 13.0 Å². The summed E-state index contributed by atoms with van der Waals surface area (Å²) in [4.78, 5) is 20.5. The van der Waals surface area contributed by atoms with Gasteiger partial charge in [0.15, 0.2) is 10.8 Å². The minimum Gasteiger partial charge on any atom is -0.301 e. The lowest BCUT2D eigenvalue weighted by atomic mass is 10.2. The molecule has 0 spiro atoms. The molecule has 128 valence electrons. The zero-order chi connectivity index (χ0) is 17.4. The van der Waals surface area contributed by atoms with E-state index in [4.69, 9.17) is 11.6 Å². The average molecular weight is 374 g/mol. The number of carbonyl (C=O) groups is 1. The smallest absolute Gasteiger partial charge is 0.277 e. The summed E-state index contributed by atoms with van der Waals surface area (Å²) >= 11 is 7.70. The van der Waals surface area contributed by atoms with Crippen LogP contribution in [0.1, 0.15) is 21.1 Å². The van der Waals surface area contributed by atoms with Gasteiger partial charge in [-0.25, -0.2) is 9.67 Å². The van der Waals surface area contributed by atoms with Gasteiger partial charge in [-0.1, -0.05) is 23.7 Å². The predicted octanol–water partition coefficient (Wildman–Crippen LogP) is 3.22. The topological polar surface area (TPSA) is 63.1 Å². The Bertz CT molecular complexity index is 935. The van der Waals surface area contributed by atoms with E-state index >= 15 is 0 Å². The maximum atomic E-state index is 12.5. The molecule has 0 unspecified atom stereocenters. The number of amides is 1. The maximum absolute atomic E-state index is 12.5. The Morgan fingerprint density at radius 1 is 1.32 bits per heavy atom. The summed E-state index contributed by atoms with van der Waals surface area (Å²) in [5, 5.41) is 8.37. The monoisotopic (exact) mass is 373 g/mol. The van der Waals surface area contributed by atoms with Gasteiger partial charge >= 0.3 is 0 Å². The van der Waals surface area contributed by atoms with Crippen molar-refractivity contribution >= 4 is 34.0 Å². The molecule has 25 heavy (non-hydrogen) atoms. The highest BCUT2D eigenvalue weighted by Crippen LogP contribution is 2.28. The summed E-state index contributed by atoms with van der Waals surface area (Å²) in [5.41, 5.74) is 2.14. The highest BCUT2D eigenvalue weighted by molar-refractivity contribution is 7.15. The van der Waals surface area contributed by atoms with Crippen molar-refractivity contribution in [3.63, 3.8) is 0 Å². The second kappa shape index (κ2) is 6.59. The van der Waals surface area contributed by atoms with Crippen LogP contribution >= 0.6 is 22.9 Å². The number of thiazole rings is 1. The number of anilines is 1. The maximum Gasteiger partial charge on any atom is 0.277 e. The Kier molecular flexibility index (Phi) is 4.29. The summed E-state index contributed by atoms with van der Waals surface area (Å²) in [6, 6.07) is 9.03. The van der Waals surface area contributed by atoms with E-state index in [0.717, 1.165) is 30.9 Å². The Labute approximate surface area is 154 Å². The van der Waals surface area contributed by atoms with Crippen LogP contribution in [0, 0.1) is 0 Å². The lowest BCUT2D eigenvalue weighted by Crippen LogP contribution is -2.25. The van der Waals surface area contributed by atoms with E-state index in [1.54, 1.807) is 23.0 Å². The van der Waals surface area contributed by atoms with Crippen molar-refractivity contribution in [1.29, 1.82) is 0 Å². The van der Waals surface area contributed by atoms with Crippen LogP contribution in [0.5, 0.6) is 0 Å². The molecule has 0 radical (unpaired) electrons. The molecular weight excluding hydrogens is 358 g/mol. The molecule has 6 nitrogen and oxygen atoms in total. The number of nitrogens with one attached hydrogen (secondary N) is 1. The van der Waals surface area contributed by atoms with E-state index in [2.05, 4.69) is 27.3 Å². The SMILES string of the molecule is CN1CCc2nc(NC(=O)c3ccn(-c4ccccc4Cl)n3)sc2C1. The van der Waals surface area contributed by atoms with Crippen LogP contribution < -0.4 is 5.32 Å². The number of hydrogen-bond donors (Lipinski definition) is 1. The van der Waals surface area contributed by atoms with Crippen molar-refractivity contribution in [3.05, 3.63) is 57.8 Å². The summed E-state index contributed by atoms with van der Waals surface area (Å²) < 4.78 is 1.60. The van der Waals surface area contributed by atoms with Crippen LogP contribution in [-0.4, -0.2) is 39.2 Å². The molecular formula is C17H16ClN5OS. The third kappa shape index (κ3) is 3.30. The first-order chi connectivity index (χ1) is 12.1. The van der Waals surface area contributed by atoms with Gasteiger partial charge in [0.05, 0.1) is 16.4 Å². The average Bonchev–Trinajstić information content (AvgIpc) is 3.21. The molecule has 1 aromatic carbocycles. The third-order valence-corrected chi connectivity index (χ3v) is 5.38. The normalized spacial score (nSPS) is 14.3. The van der Waals surface area contributed by atoms with Crippen LogP contribution in [0.15, 0.2) is 36.5 Å². The molecule has 1 aliphatic heterocycles. The Morgan fingerprint density at radius 3 is 3.00 bits per heavy atom. The van der Waals surface area contributed by atoms with E-state index in [0.29, 0.717) is 15.8 Å². The third-order valence-electron chi connectivity index (χ3n) is 4.06. The second-order valence-corrected chi connectivity index (χ2v) is 7.42. The number of para-hydroxylation sites is 1. The van der Waals surface area contributed by atoms with Crippen molar-refractivity contribution in [1.82, 2.24) is 19.7 Å². The fraction of sp³-hybridized carbons (Fsp3) is 0.235. The van der Waals surface area contributed by atoms with Gasteiger partial charge < -0.3 is 4.90 Å². The van der Waals surface area contributed by atoms with Crippen LogP contribution in [-0.2, 0) is 13.0 Å². The fourth-order valence-electron chi connectivity index (χ4n) is 2.75. The van der Waals surface area contributed by atoms with Gasteiger partial charge in [0.1, 0.15) is 0 Å². The van der Waals surface area contributed by atoms with Crippen molar-refractivity contribution < 1.29 is 4.79 Å². The van der Waals surface area contributed by atoms with Crippen LogP contribution in [0.4, 0.5) is 5.13 Å². The van der Waals surface area contributed by atoms with E-state index in [1.807, 2.05) is 18.2 Å². The molecule has 1 amide bonds. The van der Waals surface area contributed by atoms with Gasteiger partial charge in [0, 0.05) is 30.6 Å². The summed E-state index contributed by atoms with van der Waals surface area (Å²) in [6.07, 6.45) is 2.64. The first-order valence-corrected chi connectivity index (χ1v) is 9.08. The largest absolute Gasteiger partial charge is 0.301 e. The van der Waals surface area contributed by atoms with E-state index < -0.39 is 0 Å². The van der Waals surface area contributed by atoms with E-state index in [1.165, 1.54) is 16.2 Å². The van der Waals surface area contributed by atoms with Gasteiger partial charge in [0.2, 0.25) is 0 Å². The first-order valence-electron chi connectivity index (χ1n) is 7.89. The number of hydrogen-bond acceptors (Lipinski definition) is 5. The number of benzene rings is 1. The standard InChI is InChI=1S/C17H16ClN5OS/c1-22-8-6-12-15(10-22)25-17(19-12)20-16(24)13-7-9-23(21-13)14-5-3-2-4-11(14)18/h2-5,7,9H,6,8,10H2,1H3,(H,19,20,24). The Morgan fingerprint density at radius 2 is 2.16 bits per heavy atom. The highest BCUT2D eigenvalue weighted by Gasteiger charge is 2.20. The van der Waals surface area contributed by atoms with Crippen molar-refractivity contribution in [2.75, 3.05) is 18.9 Å². The predicted molar refractivity (Wildman–Crippen MR) is 98.7 cm³/mol. The number of rotatable bonds is 3. The molecule has 4 rings (SSSR count). The van der Waals surface area contributed by atoms with Gasteiger partial charge in [0.25, 0.3) is 5.91 Å². The zero-order valence-electron chi connectivity index (χ0n) is 13.6. The van der Waals surface area contributed by atoms with E-state index in [-0.39, 0.29) is 5.91 Å². The number of nitrogens with zero attached hydrogens (tertiary/aromatic N) is 4. The van der Waals surface area contributed by atoms with Crippen LogP contribution in [0.3, 0.4) is 0 Å². The molecule has 2 aromatic heterocycles. The number of carbonyl (C=O) groups excluding carboxylic acids is 1. The molecule has 0 fully saturated rings. The van der Waals surface area contributed by atoms with Crippen molar-refractivity contribution in [3.8, 4) is 5.69 Å². The van der Waals surface area contributed by atoms with Gasteiger partial charge in [-0.3, -0.25) is 10.1 Å². The number of likely N-dealkylation sites (N-methyl/N-ethyl adjacent to an activating group) is 1. The lowest BCUT2D eigenvalue weighted by molar-refractivity contribution is 0.102. The fourth-order valence-corrected chi connectivity index (χ4v) is 4.06. The molecule has 0 saturated heterocycles.